The third kappa shape index (κ3) is 3.86. The number of piperidine rings is 1. The number of likely N-dealkylation sites (tertiary alicyclic amines) is 2. The maximum atomic E-state index is 13.1. The number of ketones is 1. The quantitative estimate of drug-likeness (QED) is 0.551. The van der Waals surface area contributed by atoms with E-state index < -0.39 is 0 Å². The molecule has 1 amide bonds. The van der Waals surface area contributed by atoms with Gasteiger partial charge in [0, 0.05) is 64.4 Å². The van der Waals surface area contributed by atoms with Crippen LogP contribution in [0, 0.1) is 5.41 Å². The summed E-state index contributed by atoms with van der Waals surface area (Å²) in [6.45, 7) is 6.55. The highest BCUT2D eigenvalue weighted by Crippen LogP contribution is 2.40. The van der Waals surface area contributed by atoms with Gasteiger partial charge in [-0.15, -0.1) is 0 Å². The molecule has 2 aliphatic heterocycles. The minimum absolute atomic E-state index is 0.0962. The second kappa shape index (κ2) is 7.92. The average molecular weight is 361 g/mol. The summed E-state index contributed by atoms with van der Waals surface area (Å²) < 4.78 is 7.16. The Morgan fingerprint density at radius 3 is 2.81 bits per heavy atom. The Balaban J connectivity index is 1.63. The fourth-order valence-electron chi connectivity index (χ4n) is 4.43. The van der Waals surface area contributed by atoms with Crippen LogP contribution in [0.2, 0.25) is 0 Å². The first kappa shape index (κ1) is 19.1. The number of ether oxygens (including phenoxy) is 1. The fourth-order valence-corrected chi connectivity index (χ4v) is 4.43. The lowest BCUT2D eigenvalue weighted by Gasteiger charge is -2.39. The summed E-state index contributed by atoms with van der Waals surface area (Å²) in [5.74, 6) is 0.428. The molecule has 0 radical (unpaired) electrons. The van der Waals surface area contributed by atoms with Crippen molar-refractivity contribution in [2.24, 2.45) is 12.5 Å². The number of amides is 1. The van der Waals surface area contributed by atoms with Crippen molar-refractivity contribution in [2.45, 2.75) is 39.2 Å². The molecule has 0 saturated carbocycles. The van der Waals surface area contributed by atoms with E-state index >= 15 is 0 Å². The number of aryl methyl sites for hydroxylation is 1. The molecule has 0 aromatic carbocycles. The Labute approximate surface area is 156 Å². The van der Waals surface area contributed by atoms with E-state index in [0.717, 1.165) is 69.7 Å². The van der Waals surface area contributed by atoms with Gasteiger partial charge in [0.15, 0.2) is 5.78 Å². The molecule has 1 aromatic rings. The molecular weight excluding hydrogens is 330 g/mol. The summed E-state index contributed by atoms with van der Waals surface area (Å²) in [4.78, 5) is 29.1. The van der Waals surface area contributed by atoms with Crippen molar-refractivity contribution in [1.29, 1.82) is 0 Å². The highest BCUT2D eigenvalue weighted by atomic mass is 16.5. The predicted molar refractivity (Wildman–Crippen MR) is 100 cm³/mol. The van der Waals surface area contributed by atoms with Crippen molar-refractivity contribution in [1.82, 2.24) is 14.4 Å². The molecule has 6 nitrogen and oxygen atoms in total. The monoisotopic (exact) mass is 361 g/mol. The molecule has 2 saturated heterocycles. The molecule has 144 valence electrons. The average Bonchev–Trinajstić information content (AvgIpc) is 3.17. The van der Waals surface area contributed by atoms with Crippen LogP contribution in [-0.2, 0) is 23.1 Å². The van der Waals surface area contributed by atoms with Crippen LogP contribution in [0.3, 0.4) is 0 Å². The van der Waals surface area contributed by atoms with Crippen molar-refractivity contribution >= 4 is 11.7 Å². The van der Waals surface area contributed by atoms with Gasteiger partial charge < -0.3 is 14.2 Å². The maximum absolute atomic E-state index is 13.1. The Morgan fingerprint density at radius 2 is 2.12 bits per heavy atom. The van der Waals surface area contributed by atoms with Crippen LogP contribution < -0.4 is 0 Å². The molecule has 3 heterocycles. The number of hydrogen-bond acceptors (Lipinski definition) is 4. The first-order valence-corrected chi connectivity index (χ1v) is 9.62. The molecule has 1 atom stereocenters. The largest absolute Gasteiger partial charge is 0.385 e. The van der Waals surface area contributed by atoms with E-state index in [1.165, 1.54) is 0 Å². The van der Waals surface area contributed by atoms with Gasteiger partial charge in [-0.3, -0.25) is 14.5 Å². The Bertz CT molecular complexity index is 669. The van der Waals surface area contributed by atoms with Gasteiger partial charge in [-0.05, 0) is 45.2 Å². The highest BCUT2D eigenvalue weighted by molar-refractivity contribution is 5.94. The molecule has 1 aromatic heterocycles. The minimum atomic E-state index is -0.208. The summed E-state index contributed by atoms with van der Waals surface area (Å²) in [5, 5.41) is 0. The van der Waals surface area contributed by atoms with Crippen LogP contribution in [-0.4, -0.2) is 66.0 Å². The summed E-state index contributed by atoms with van der Waals surface area (Å²) in [6, 6.07) is 1.98. The molecule has 3 rings (SSSR count). The van der Waals surface area contributed by atoms with Crippen molar-refractivity contribution < 1.29 is 14.3 Å². The third-order valence-corrected chi connectivity index (χ3v) is 5.93. The van der Waals surface area contributed by atoms with Crippen LogP contribution in [0.4, 0.5) is 0 Å². The summed E-state index contributed by atoms with van der Waals surface area (Å²) in [5.41, 5.74) is 1.68. The van der Waals surface area contributed by atoms with Gasteiger partial charge in [0.25, 0.3) is 0 Å². The van der Waals surface area contributed by atoms with Gasteiger partial charge in [0.05, 0.1) is 5.41 Å². The van der Waals surface area contributed by atoms with Crippen molar-refractivity contribution in [3.63, 3.8) is 0 Å². The van der Waals surface area contributed by atoms with Gasteiger partial charge in [-0.1, -0.05) is 0 Å². The van der Waals surface area contributed by atoms with Crippen molar-refractivity contribution in [3.05, 3.63) is 23.5 Å². The van der Waals surface area contributed by atoms with E-state index in [1.807, 2.05) is 28.8 Å². The molecule has 1 spiro atoms. The van der Waals surface area contributed by atoms with E-state index in [1.54, 1.807) is 14.0 Å². The second-order valence-corrected chi connectivity index (χ2v) is 7.87. The minimum Gasteiger partial charge on any atom is -0.385 e. The number of methoxy groups -OCH3 is 1. The van der Waals surface area contributed by atoms with E-state index in [2.05, 4.69) is 4.90 Å². The van der Waals surface area contributed by atoms with Crippen LogP contribution in [0.25, 0.3) is 0 Å². The number of Topliss-reactive ketones (excluding diaryl/α,β-unsaturated/α-hetero) is 1. The second-order valence-electron chi connectivity index (χ2n) is 7.87. The van der Waals surface area contributed by atoms with E-state index in [-0.39, 0.29) is 11.2 Å². The third-order valence-electron chi connectivity index (χ3n) is 5.93. The normalized spacial score (nSPS) is 24.0. The number of hydrogen-bond donors (Lipinski definition) is 0. The van der Waals surface area contributed by atoms with Gasteiger partial charge in [-0.2, -0.15) is 0 Å². The first-order chi connectivity index (χ1) is 12.4. The molecule has 0 aliphatic carbocycles. The van der Waals surface area contributed by atoms with Crippen LogP contribution in [0.5, 0.6) is 0 Å². The molecule has 6 heteroatoms. The van der Waals surface area contributed by atoms with Crippen LogP contribution in [0.1, 0.15) is 48.7 Å². The number of nitrogens with zero attached hydrogens (tertiary/aromatic N) is 3. The van der Waals surface area contributed by atoms with Gasteiger partial charge in [-0.25, -0.2) is 0 Å². The van der Waals surface area contributed by atoms with Crippen LogP contribution in [0.15, 0.2) is 12.3 Å². The lowest BCUT2D eigenvalue weighted by molar-refractivity contribution is -0.145. The van der Waals surface area contributed by atoms with Gasteiger partial charge in [0.1, 0.15) is 0 Å². The van der Waals surface area contributed by atoms with E-state index in [0.29, 0.717) is 12.5 Å². The van der Waals surface area contributed by atoms with Crippen molar-refractivity contribution in [2.75, 3.05) is 39.9 Å². The molecule has 0 N–H and O–H groups in total. The number of carbonyl (C=O) groups is 2. The Morgan fingerprint density at radius 1 is 1.31 bits per heavy atom. The highest BCUT2D eigenvalue weighted by Gasteiger charge is 2.48. The summed E-state index contributed by atoms with van der Waals surface area (Å²) in [6.07, 6.45) is 5.82. The predicted octanol–water partition coefficient (Wildman–Crippen LogP) is 2.08. The zero-order valence-corrected chi connectivity index (χ0v) is 16.3. The Hall–Kier alpha value is -1.66. The first-order valence-electron chi connectivity index (χ1n) is 9.62. The topological polar surface area (TPSA) is 54.8 Å². The van der Waals surface area contributed by atoms with E-state index in [4.69, 9.17) is 4.74 Å². The van der Waals surface area contributed by atoms with Crippen molar-refractivity contribution in [3.8, 4) is 0 Å². The Kier molecular flexibility index (Phi) is 5.82. The number of rotatable bonds is 7. The summed E-state index contributed by atoms with van der Waals surface area (Å²) in [7, 11) is 3.69. The lowest BCUT2D eigenvalue weighted by Crippen LogP contribution is -2.50. The van der Waals surface area contributed by atoms with Gasteiger partial charge in [0.2, 0.25) is 5.91 Å². The summed E-state index contributed by atoms with van der Waals surface area (Å²) >= 11 is 0. The SMILES string of the molecule is COCCCN1CCCC2(CCN(Cc3cc(C(C)=O)cn3C)C2)C1=O. The molecule has 2 fully saturated rings. The van der Waals surface area contributed by atoms with E-state index in [9.17, 15) is 9.59 Å². The van der Waals surface area contributed by atoms with Gasteiger partial charge >= 0.3 is 0 Å². The standard InChI is InChI=1S/C20H31N3O3/c1-16(24)17-12-18(21(2)13-17)14-22-10-7-20(15-22)6-4-8-23(19(20)25)9-5-11-26-3/h12-13H,4-11,14-15H2,1-3H3. The number of carbonyl (C=O) groups excluding carboxylic acids is 2. The molecular formula is C20H31N3O3. The molecule has 26 heavy (non-hydrogen) atoms. The fraction of sp³-hybridized carbons (Fsp3) is 0.700. The molecule has 2 aliphatic rings. The number of aromatic nitrogens is 1. The molecule has 1 unspecified atom stereocenters. The lowest BCUT2D eigenvalue weighted by atomic mass is 9.78. The van der Waals surface area contributed by atoms with Crippen LogP contribution >= 0.6 is 0 Å². The zero-order chi connectivity index (χ0) is 18.7. The molecule has 0 bridgehead atoms. The zero-order valence-electron chi connectivity index (χ0n) is 16.3. The maximum Gasteiger partial charge on any atom is 0.230 e. The smallest absolute Gasteiger partial charge is 0.230 e.